The molecule has 0 atom stereocenters. The molecule has 0 spiro atoms. The summed E-state index contributed by atoms with van der Waals surface area (Å²) >= 11 is 0. The normalized spacial score (nSPS) is 10.3. The van der Waals surface area contributed by atoms with Gasteiger partial charge >= 0.3 is 0 Å². The van der Waals surface area contributed by atoms with Crippen LogP contribution in [0.3, 0.4) is 0 Å². The van der Waals surface area contributed by atoms with Gasteiger partial charge in [0, 0.05) is 25.7 Å². The van der Waals surface area contributed by atoms with Crippen LogP contribution in [0.25, 0.3) is 0 Å². The van der Waals surface area contributed by atoms with Crippen LogP contribution in [0.2, 0.25) is 0 Å². The maximum Gasteiger partial charge on any atom is 0.132 e. The lowest BCUT2D eigenvalue weighted by Gasteiger charge is -2.00. The minimum atomic E-state index is 0.346. The van der Waals surface area contributed by atoms with Gasteiger partial charge in [0.15, 0.2) is 0 Å². The van der Waals surface area contributed by atoms with Crippen molar-refractivity contribution in [2.45, 2.75) is 71.6 Å². The third-order valence-electron chi connectivity index (χ3n) is 2.50. The monoisotopic (exact) mass is 212 g/mol. The molecule has 2 nitrogen and oxygen atoms in total. The number of rotatable bonds is 10. The molecule has 0 saturated carbocycles. The molecule has 0 aromatic heterocycles. The van der Waals surface area contributed by atoms with E-state index in [0.717, 1.165) is 38.5 Å². The number of carbonyl (C=O) groups excluding carboxylic acids is 2. The third kappa shape index (κ3) is 9.64. The molecule has 0 aromatic carbocycles. The van der Waals surface area contributed by atoms with Crippen molar-refractivity contribution in [3.63, 3.8) is 0 Å². The van der Waals surface area contributed by atoms with Crippen molar-refractivity contribution in [1.29, 1.82) is 0 Å². The summed E-state index contributed by atoms with van der Waals surface area (Å²) in [5.41, 5.74) is 0. The van der Waals surface area contributed by atoms with E-state index in [1.165, 1.54) is 0 Å². The highest BCUT2D eigenvalue weighted by molar-refractivity contribution is 5.79. The first-order chi connectivity index (χ1) is 7.20. The summed E-state index contributed by atoms with van der Waals surface area (Å²) in [5.74, 6) is 0.707. The van der Waals surface area contributed by atoms with Gasteiger partial charge in [-0.25, -0.2) is 0 Å². The highest BCUT2D eigenvalue weighted by atomic mass is 16.1. The summed E-state index contributed by atoms with van der Waals surface area (Å²) in [5, 5.41) is 0. The Kier molecular flexibility index (Phi) is 9.44. The number of hydrogen-bond acceptors (Lipinski definition) is 2. The quantitative estimate of drug-likeness (QED) is 0.518. The van der Waals surface area contributed by atoms with Crippen LogP contribution >= 0.6 is 0 Å². The van der Waals surface area contributed by atoms with Crippen LogP contribution in [0.1, 0.15) is 71.6 Å². The number of ketones is 2. The molecule has 0 bridgehead atoms. The Morgan fingerprint density at radius 1 is 0.667 bits per heavy atom. The summed E-state index contributed by atoms with van der Waals surface area (Å²) in [7, 11) is 0. The first-order valence-electron chi connectivity index (χ1n) is 6.24. The van der Waals surface area contributed by atoms with E-state index in [1.807, 2.05) is 6.92 Å². The van der Waals surface area contributed by atoms with Crippen molar-refractivity contribution in [2.75, 3.05) is 0 Å². The SMILES string of the molecule is CCCCC(=O)CCCCC(=O)CCC. The minimum Gasteiger partial charge on any atom is -0.300 e. The van der Waals surface area contributed by atoms with Gasteiger partial charge in [-0.05, 0) is 25.7 Å². The van der Waals surface area contributed by atoms with Crippen LogP contribution < -0.4 is 0 Å². The zero-order valence-electron chi connectivity index (χ0n) is 10.2. The van der Waals surface area contributed by atoms with Gasteiger partial charge in [-0.15, -0.1) is 0 Å². The second-order valence-electron chi connectivity index (χ2n) is 4.14. The second-order valence-corrected chi connectivity index (χ2v) is 4.14. The van der Waals surface area contributed by atoms with Gasteiger partial charge in [0.05, 0.1) is 0 Å². The van der Waals surface area contributed by atoms with E-state index in [9.17, 15) is 9.59 Å². The highest BCUT2D eigenvalue weighted by Crippen LogP contribution is 2.07. The van der Waals surface area contributed by atoms with Crippen molar-refractivity contribution in [3.8, 4) is 0 Å². The van der Waals surface area contributed by atoms with E-state index in [1.54, 1.807) is 0 Å². The predicted octanol–water partition coefficient (Wildman–Crippen LogP) is 3.68. The van der Waals surface area contributed by atoms with Crippen molar-refractivity contribution in [1.82, 2.24) is 0 Å². The van der Waals surface area contributed by atoms with Crippen molar-refractivity contribution in [3.05, 3.63) is 0 Å². The van der Waals surface area contributed by atoms with Crippen LogP contribution in [-0.2, 0) is 9.59 Å². The minimum absolute atomic E-state index is 0.346. The zero-order chi connectivity index (χ0) is 11.5. The predicted molar refractivity (Wildman–Crippen MR) is 62.9 cm³/mol. The lowest BCUT2D eigenvalue weighted by Crippen LogP contribution is -2.00. The van der Waals surface area contributed by atoms with Gasteiger partial charge in [0.1, 0.15) is 11.6 Å². The summed E-state index contributed by atoms with van der Waals surface area (Å²) in [6.07, 6.45) is 7.55. The molecule has 0 amide bonds. The molecule has 0 fully saturated rings. The van der Waals surface area contributed by atoms with E-state index < -0.39 is 0 Å². The van der Waals surface area contributed by atoms with Crippen LogP contribution in [0, 0.1) is 0 Å². The summed E-state index contributed by atoms with van der Waals surface area (Å²) < 4.78 is 0. The molecule has 0 unspecified atom stereocenters. The standard InChI is InChI=1S/C13H24O2/c1-3-5-9-13(15)11-7-6-10-12(14)8-4-2/h3-11H2,1-2H3. The lowest BCUT2D eigenvalue weighted by molar-refractivity contribution is -0.121. The molecular formula is C13H24O2. The average Bonchev–Trinajstić information content (AvgIpc) is 2.22. The van der Waals surface area contributed by atoms with Gasteiger partial charge in [0.25, 0.3) is 0 Å². The third-order valence-corrected chi connectivity index (χ3v) is 2.50. The van der Waals surface area contributed by atoms with Crippen molar-refractivity contribution in [2.24, 2.45) is 0 Å². The molecule has 0 radical (unpaired) electrons. The Morgan fingerprint density at radius 3 is 1.60 bits per heavy atom. The first kappa shape index (κ1) is 14.3. The van der Waals surface area contributed by atoms with E-state index in [-0.39, 0.29) is 0 Å². The molecule has 0 saturated heterocycles. The smallest absolute Gasteiger partial charge is 0.132 e. The summed E-state index contributed by atoms with van der Waals surface area (Å²) in [6, 6.07) is 0. The van der Waals surface area contributed by atoms with Gasteiger partial charge in [0.2, 0.25) is 0 Å². The second kappa shape index (κ2) is 9.88. The molecule has 88 valence electrons. The Bertz CT molecular complexity index is 185. The van der Waals surface area contributed by atoms with Gasteiger partial charge in [-0.1, -0.05) is 20.3 Å². The maximum atomic E-state index is 11.3. The maximum absolute atomic E-state index is 11.3. The molecule has 0 aliphatic heterocycles. The first-order valence-corrected chi connectivity index (χ1v) is 6.24. The van der Waals surface area contributed by atoms with Crippen LogP contribution in [0.15, 0.2) is 0 Å². The molecule has 0 rings (SSSR count). The Labute approximate surface area is 93.4 Å². The largest absolute Gasteiger partial charge is 0.300 e. The number of hydrogen-bond donors (Lipinski definition) is 0. The lowest BCUT2D eigenvalue weighted by atomic mass is 10.0. The van der Waals surface area contributed by atoms with E-state index in [4.69, 9.17) is 0 Å². The van der Waals surface area contributed by atoms with E-state index in [2.05, 4.69) is 6.92 Å². The number of Topliss-reactive ketones (excluding diaryl/α,β-unsaturated/α-hetero) is 2. The topological polar surface area (TPSA) is 34.1 Å². The van der Waals surface area contributed by atoms with Crippen molar-refractivity contribution >= 4 is 11.6 Å². The fraction of sp³-hybridized carbons (Fsp3) is 0.846. The van der Waals surface area contributed by atoms with Gasteiger partial charge in [-0.3, -0.25) is 9.59 Å². The van der Waals surface area contributed by atoms with E-state index in [0.29, 0.717) is 30.8 Å². The Balaban J connectivity index is 3.30. The zero-order valence-corrected chi connectivity index (χ0v) is 10.2. The van der Waals surface area contributed by atoms with Gasteiger partial charge < -0.3 is 0 Å². The fourth-order valence-electron chi connectivity index (χ4n) is 1.55. The summed E-state index contributed by atoms with van der Waals surface area (Å²) in [4.78, 5) is 22.5. The fourth-order valence-corrected chi connectivity index (χ4v) is 1.55. The van der Waals surface area contributed by atoms with Crippen LogP contribution in [0.5, 0.6) is 0 Å². The Morgan fingerprint density at radius 2 is 1.13 bits per heavy atom. The molecule has 2 heteroatoms. The molecule has 0 aliphatic rings. The van der Waals surface area contributed by atoms with Crippen LogP contribution in [-0.4, -0.2) is 11.6 Å². The Hall–Kier alpha value is -0.660. The van der Waals surface area contributed by atoms with Crippen LogP contribution in [0.4, 0.5) is 0 Å². The summed E-state index contributed by atoms with van der Waals surface area (Å²) in [6.45, 7) is 4.11. The molecule has 0 aromatic rings. The number of carbonyl (C=O) groups is 2. The van der Waals surface area contributed by atoms with Crippen molar-refractivity contribution < 1.29 is 9.59 Å². The molecule has 15 heavy (non-hydrogen) atoms. The molecular weight excluding hydrogens is 188 g/mol. The van der Waals surface area contributed by atoms with E-state index >= 15 is 0 Å². The van der Waals surface area contributed by atoms with Gasteiger partial charge in [-0.2, -0.15) is 0 Å². The average molecular weight is 212 g/mol. The molecule has 0 heterocycles. The number of unbranched alkanes of at least 4 members (excludes halogenated alkanes) is 2. The molecule has 0 aliphatic carbocycles. The highest BCUT2D eigenvalue weighted by Gasteiger charge is 2.03. The molecule has 0 N–H and O–H groups in total.